The van der Waals surface area contributed by atoms with Crippen molar-refractivity contribution in [2.75, 3.05) is 13.2 Å². The third kappa shape index (κ3) is 5.31. The van der Waals surface area contributed by atoms with E-state index in [1.807, 2.05) is 6.92 Å². The van der Waals surface area contributed by atoms with Gasteiger partial charge in [0, 0.05) is 13.0 Å². The lowest BCUT2D eigenvalue weighted by Crippen LogP contribution is -2.65. The van der Waals surface area contributed by atoms with Gasteiger partial charge in [0.15, 0.2) is 0 Å². The first-order chi connectivity index (χ1) is 15.4. The molecule has 3 aliphatic rings. The molecule has 0 radical (unpaired) electrons. The number of fused-ring (bicyclic) bond motifs is 3. The number of aliphatic hydroxyl groups excluding tert-OH is 5. The standard InChI is InChI=1S/C27H50O6/c1-17(14-28)6-5-7-18(2)24(22(32)15-29)25(3)10-9-23-26(4)11-8-19(30)12-20(26)21(31)13-27(23,33)16-25/h17-24,28-33H,5-16H2,1-4H3/t17-,18+,19-,20?,21-,22-,23?,24-,25-,26-,27+/m0/s1. The van der Waals surface area contributed by atoms with Gasteiger partial charge < -0.3 is 30.6 Å². The molecule has 0 aromatic carbocycles. The van der Waals surface area contributed by atoms with Crippen molar-refractivity contribution in [3.05, 3.63) is 0 Å². The molecule has 3 saturated carbocycles. The summed E-state index contributed by atoms with van der Waals surface area (Å²) in [5.74, 6) is 0.378. The van der Waals surface area contributed by atoms with Gasteiger partial charge in [-0.2, -0.15) is 0 Å². The number of aliphatic hydroxyl groups is 6. The van der Waals surface area contributed by atoms with Crippen LogP contribution in [0.1, 0.15) is 91.9 Å². The molecule has 33 heavy (non-hydrogen) atoms. The lowest BCUT2D eigenvalue weighted by molar-refractivity contribution is -0.238. The first kappa shape index (κ1) is 27.3. The van der Waals surface area contributed by atoms with Crippen LogP contribution in [0.5, 0.6) is 0 Å². The summed E-state index contributed by atoms with van der Waals surface area (Å²) in [5, 5.41) is 63.5. The summed E-state index contributed by atoms with van der Waals surface area (Å²) in [7, 11) is 0. The van der Waals surface area contributed by atoms with Gasteiger partial charge in [0.05, 0.1) is 30.5 Å². The molecular weight excluding hydrogens is 420 g/mol. The van der Waals surface area contributed by atoms with E-state index in [-0.39, 0.29) is 59.7 Å². The quantitative estimate of drug-likeness (QED) is 0.308. The maximum absolute atomic E-state index is 12.0. The normalized spacial score (nSPS) is 44.9. The molecule has 6 nitrogen and oxygen atoms in total. The summed E-state index contributed by atoms with van der Waals surface area (Å²) < 4.78 is 0. The summed E-state index contributed by atoms with van der Waals surface area (Å²) in [4.78, 5) is 0. The summed E-state index contributed by atoms with van der Waals surface area (Å²) in [5.41, 5.74) is -1.53. The second-order valence-corrected chi connectivity index (χ2v) is 12.8. The van der Waals surface area contributed by atoms with E-state index in [4.69, 9.17) is 0 Å². The monoisotopic (exact) mass is 470 g/mol. The summed E-state index contributed by atoms with van der Waals surface area (Å²) >= 11 is 0. The molecule has 0 amide bonds. The Morgan fingerprint density at radius 3 is 2.30 bits per heavy atom. The van der Waals surface area contributed by atoms with E-state index in [1.165, 1.54) is 0 Å². The van der Waals surface area contributed by atoms with E-state index >= 15 is 0 Å². The van der Waals surface area contributed by atoms with Crippen molar-refractivity contribution in [3.8, 4) is 0 Å². The third-order valence-corrected chi connectivity index (χ3v) is 10.3. The van der Waals surface area contributed by atoms with Crippen molar-refractivity contribution in [1.82, 2.24) is 0 Å². The van der Waals surface area contributed by atoms with Crippen molar-refractivity contribution >= 4 is 0 Å². The van der Waals surface area contributed by atoms with Crippen LogP contribution >= 0.6 is 0 Å². The van der Waals surface area contributed by atoms with Crippen molar-refractivity contribution in [3.63, 3.8) is 0 Å². The van der Waals surface area contributed by atoms with Gasteiger partial charge in [0.2, 0.25) is 0 Å². The maximum atomic E-state index is 12.0. The topological polar surface area (TPSA) is 121 Å². The van der Waals surface area contributed by atoms with Crippen LogP contribution in [0, 0.1) is 40.4 Å². The molecule has 0 aromatic rings. The summed E-state index contributed by atoms with van der Waals surface area (Å²) in [6.45, 7) is 8.43. The van der Waals surface area contributed by atoms with Crippen LogP contribution in [0.4, 0.5) is 0 Å². The lowest BCUT2D eigenvalue weighted by Gasteiger charge is -2.64. The average molecular weight is 471 g/mol. The molecule has 6 heteroatoms. The predicted octanol–water partition coefficient (Wildman–Crippen LogP) is 2.86. The van der Waals surface area contributed by atoms with E-state index in [0.29, 0.717) is 19.3 Å². The van der Waals surface area contributed by atoms with Gasteiger partial charge in [0.25, 0.3) is 0 Å². The van der Waals surface area contributed by atoms with Crippen LogP contribution in [-0.4, -0.2) is 67.8 Å². The van der Waals surface area contributed by atoms with Crippen molar-refractivity contribution in [1.29, 1.82) is 0 Å². The van der Waals surface area contributed by atoms with Gasteiger partial charge in [-0.3, -0.25) is 0 Å². The Morgan fingerprint density at radius 2 is 1.67 bits per heavy atom. The highest BCUT2D eigenvalue weighted by molar-refractivity contribution is 5.13. The lowest BCUT2D eigenvalue weighted by atomic mass is 9.43. The van der Waals surface area contributed by atoms with E-state index in [9.17, 15) is 30.6 Å². The van der Waals surface area contributed by atoms with Crippen LogP contribution in [0.15, 0.2) is 0 Å². The van der Waals surface area contributed by atoms with Crippen LogP contribution in [0.2, 0.25) is 0 Å². The minimum Gasteiger partial charge on any atom is -0.396 e. The fourth-order valence-electron chi connectivity index (χ4n) is 8.68. The molecule has 3 fully saturated rings. The van der Waals surface area contributed by atoms with Gasteiger partial charge in [-0.1, -0.05) is 40.5 Å². The molecule has 2 unspecified atom stereocenters. The van der Waals surface area contributed by atoms with Gasteiger partial charge in [-0.15, -0.1) is 0 Å². The molecule has 0 aromatic heterocycles. The minimum absolute atomic E-state index is 0.0159. The fourth-order valence-corrected chi connectivity index (χ4v) is 8.68. The van der Waals surface area contributed by atoms with Crippen LogP contribution in [0.25, 0.3) is 0 Å². The largest absolute Gasteiger partial charge is 0.396 e. The molecule has 0 aliphatic heterocycles. The van der Waals surface area contributed by atoms with Crippen molar-refractivity contribution < 1.29 is 30.6 Å². The molecule has 3 aliphatic carbocycles. The van der Waals surface area contributed by atoms with E-state index in [0.717, 1.165) is 44.9 Å². The van der Waals surface area contributed by atoms with Gasteiger partial charge >= 0.3 is 0 Å². The van der Waals surface area contributed by atoms with Crippen LogP contribution in [0.3, 0.4) is 0 Å². The van der Waals surface area contributed by atoms with Gasteiger partial charge in [0.1, 0.15) is 0 Å². The molecule has 194 valence electrons. The maximum Gasteiger partial charge on any atom is 0.0806 e. The second-order valence-electron chi connectivity index (χ2n) is 12.8. The van der Waals surface area contributed by atoms with E-state index in [2.05, 4.69) is 20.8 Å². The number of hydrogen-bond donors (Lipinski definition) is 6. The minimum atomic E-state index is -1.00. The highest BCUT2D eigenvalue weighted by Gasteiger charge is 2.63. The Morgan fingerprint density at radius 1 is 0.970 bits per heavy atom. The van der Waals surface area contributed by atoms with E-state index in [1.54, 1.807) is 0 Å². The van der Waals surface area contributed by atoms with Crippen molar-refractivity contribution in [2.24, 2.45) is 40.4 Å². The fraction of sp³-hybridized carbons (Fsp3) is 1.00. The Labute approximate surface area is 200 Å². The molecule has 11 atom stereocenters. The second kappa shape index (κ2) is 10.4. The highest BCUT2D eigenvalue weighted by Crippen LogP contribution is 2.64. The zero-order valence-electron chi connectivity index (χ0n) is 21.3. The Hall–Kier alpha value is -0.240. The molecular formula is C27H50O6. The van der Waals surface area contributed by atoms with Crippen LogP contribution in [-0.2, 0) is 0 Å². The molecule has 0 saturated heterocycles. The van der Waals surface area contributed by atoms with E-state index < -0.39 is 17.8 Å². The number of hydrogen-bond acceptors (Lipinski definition) is 6. The summed E-state index contributed by atoms with van der Waals surface area (Å²) in [6, 6.07) is 0. The zero-order chi connectivity index (χ0) is 24.6. The van der Waals surface area contributed by atoms with Crippen molar-refractivity contribution in [2.45, 2.75) is 116 Å². The Kier molecular flexibility index (Phi) is 8.62. The SMILES string of the molecule is C[C@H](CO)CCC[C@@H](C)[C@@H]([C@@H](O)CO)[C@@]1(C)CCC2[C@@](O)(C[C@H](O)C3C[C@@H](O)CC[C@@]32C)C1. The predicted molar refractivity (Wildman–Crippen MR) is 128 cm³/mol. The third-order valence-electron chi connectivity index (χ3n) is 10.3. The smallest absolute Gasteiger partial charge is 0.0806 e. The molecule has 0 heterocycles. The molecule has 0 spiro atoms. The molecule has 0 bridgehead atoms. The van der Waals surface area contributed by atoms with Crippen LogP contribution < -0.4 is 0 Å². The summed E-state index contributed by atoms with van der Waals surface area (Å²) in [6.07, 6.45) is 5.67. The number of rotatable bonds is 9. The van der Waals surface area contributed by atoms with Gasteiger partial charge in [-0.05, 0) is 85.4 Å². The Bertz CT molecular complexity index is 644. The first-order valence-corrected chi connectivity index (χ1v) is 13.4. The molecule has 3 rings (SSSR count). The Balaban J connectivity index is 1.81. The first-order valence-electron chi connectivity index (χ1n) is 13.4. The van der Waals surface area contributed by atoms with Gasteiger partial charge in [-0.25, -0.2) is 0 Å². The molecule has 6 N–H and O–H groups in total. The average Bonchev–Trinajstić information content (AvgIpc) is 2.73. The zero-order valence-corrected chi connectivity index (χ0v) is 21.3. The highest BCUT2D eigenvalue weighted by atomic mass is 16.3.